The van der Waals surface area contributed by atoms with Crippen LogP contribution in [0, 0.1) is 0 Å². The van der Waals surface area contributed by atoms with Gasteiger partial charge >= 0.3 is 0 Å². The van der Waals surface area contributed by atoms with Gasteiger partial charge in [0.2, 0.25) is 5.90 Å². The van der Waals surface area contributed by atoms with Gasteiger partial charge in [-0.1, -0.05) is 18.2 Å². The van der Waals surface area contributed by atoms with E-state index in [1.54, 1.807) is 0 Å². The molecule has 4 rings (SSSR count). The van der Waals surface area contributed by atoms with Crippen molar-refractivity contribution in [1.29, 1.82) is 0 Å². The van der Waals surface area contributed by atoms with Crippen LogP contribution in [0.4, 0.5) is 0 Å². The third-order valence-electron chi connectivity index (χ3n) is 3.70. The Labute approximate surface area is 94.1 Å². The highest BCUT2D eigenvalue weighted by Gasteiger charge is 2.60. The van der Waals surface area contributed by atoms with Crippen molar-refractivity contribution in [2.75, 3.05) is 0 Å². The lowest BCUT2D eigenvalue weighted by atomic mass is 10.1. The third kappa shape index (κ3) is 1.09. The maximum Gasteiger partial charge on any atom is 0.219 e. The summed E-state index contributed by atoms with van der Waals surface area (Å²) >= 11 is 0. The third-order valence-corrected chi connectivity index (χ3v) is 3.70. The van der Waals surface area contributed by atoms with Gasteiger partial charge in [-0.3, -0.25) is 0 Å². The van der Waals surface area contributed by atoms with Gasteiger partial charge in [0.1, 0.15) is 12.7 Å². The molecule has 1 saturated carbocycles. The molecule has 3 nitrogen and oxygen atoms in total. The minimum Gasteiger partial charge on any atom is -0.473 e. The van der Waals surface area contributed by atoms with Crippen LogP contribution >= 0.6 is 0 Å². The molecule has 2 fully saturated rings. The van der Waals surface area contributed by atoms with E-state index in [-0.39, 0.29) is 5.72 Å². The number of nitrogens with zero attached hydrogens (tertiary/aromatic N) is 1. The van der Waals surface area contributed by atoms with Crippen LogP contribution in [0.5, 0.6) is 0 Å². The van der Waals surface area contributed by atoms with Crippen LogP contribution in [0.25, 0.3) is 0 Å². The number of fused-ring (bicyclic) bond motifs is 2. The second-order valence-corrected chi connectivity index (χ2v) is 4.71. The van der Waals surface area contributed by atoms with Gasteiger partial charge in [0.05, 0.1) is 0 Å². The summed E-state index contributed by atoms with van der Waals surface area (Å²) < 4.78 is 11.3. The molecule has 1 saturated heterocycles. The van der Waals surface area contributed by atoms with E-state index in [0.717, 1.165) is 24.3 Å². The molecule has 3 aliphatic rings. The Morgan fingerprint density at radius 3 is 3.06 bits per heavy atom. The standard InChI is InChI=1S/C13H13NO2/c1-2-5-10-9(4-1)8-15-12(10)14-13-7-3-6-11(13)16-13/h1-2,4-5,11H,3,6-8H2. The van der Waals surface area contributed by atoms with Crippen LogP contribution in [0.3, 0.4) is 0 Å². The van der Waals surface area contributed by atoms with Crippen molar-refractivity contribution in [3.63, 3.8) is 0 Å². The average Bonchev–Trinajstić information content (AvgIpc) is 2.70. The van der Waals surface area contributed by atoms with Gasteiger partial charge < -0.3 is 9.47 Å². The number of rotatable bonds is 1. The number of ether oxygens (including phenoxy) is 2. The quantitative estimate of drug-likeness (QED) is 0.673. The molecule has 0 spiro atoms. The Balaban J connectivity index is 1.73. The van der Waals surface area contributed by atoms with E-state index in [2.05, 4.69) is 12.1 Å². The smallest absolute Gasteiger partial charge is 0.219 e. The first kappa shape index (κ1) is 8.76. The normalized spacial score (nSPS) is 37.0. The zero-order valence-corrected chi connectivity index (χ0v) is 8.98. The van der Waals surface area contributed by atoms with E-state index in [4.69, 9.17) is 14.5 Å². The van der Waals surface area contributed by atoms with Crippen LogP contribution in [0.15, 0.2) is 29.3 Å². The topological polar surface area (TPSA) is 34.1 Å². The Hall–Kier alpha value is -1.35. The molecule has 82 valence electrons. The molecule has 3 heteroatoms. The molecule has 1 aromatic carbocycles. The lowest BCUT2D eigenvalue weighted by molar-refractivity contribution is 0.248. The van der Waals surface area contributed by atoms with Crippen LogP contribution in [-0.4, -0.2) is 17.7 Å². The van der Waals surface area contributed by atoms with E-state index >= 15 is 0 Å². The van der Waals surface area contributed by atoms with Crippen molar-refractivity contribution >= 4 is 5.90 Å². The molecule has 0 amide bonds. The number of benzene rings is 1. The van der Waals surface area contributed by atoms with Gasteiger partial charge in [-0.25, -0.2) is 4.99 Å². The molecule has 1 aromatic rings. The first-order valence-corrected chi connectivity index (χ1v) is 5.86. The molecular formula is C13H13NO2. The zero-order chi connectivity index (χ0) is 10.6. The van der Waals surface area contributed by atoms with Crippen LogP contribution in [0.1, 0.15) is 30.4 Å². The van der Waals surface area contributed by atoms with Crippen molar-refractivity contribution in [3.8, 4) is 0 Å². The summed E-state index contributed by atoms with van der Waals surface area (Å²) in [6, 6.07) is 8.23. The monoisotopic (exact) mass is 215 g/mol. The van der Waals surface area contributed by atoms with Crippen molar-refractivity contribution in [1.82, 2.24) is 0 Å². The van der Waals surface area contributed by atoms with Gasteiger partial charge in [-0.2, -0.15) is 0 Å². The minimum absolute atomic E-state index is 0.215. The van der Waals surface area contributed by atoms with Crippen LogP contribution in [-0.2, 0) is 16.1 Å². The van der Waals surface area contributed by atoms with E-state index < -0.39 is 0 Å². The van der Waals surface area contributed by atoms with Crippen molar-refractivity contribution in [2.24, 2.45) is 4.99 Å². The number of aliphatic imine (C=N–C) groups is 1. The minimum atomic E-state index is -0.215. The molecule has 2 aliphatic heterocycles. The number of hydrogen-bond acceptors (Lipinski definition) is 3. The number of epoxide rings is 1. The summed E-state index contributed by atoms with van der Waals surface area (Å²) in [5, 5.41) is 0. The SMILES string of the molecule is c1ccc2c(c1)COC2=NC12CCCC1O2. The van der Waals surface area contributed by atoms with Gasteiger partial charge in [-0.15, -0.1) is 0 Å². The first-order chi connectivity index (χ1) is 7.87. The highest BCUT2D eigenvalue weighted by molar-refractivity contribution is 5.98. The second-order valence-electron chi connectivity index (χ2n) is 4.71. The van der Waals surface area contributed by atoms with Gasteiger partial charge in [-0.05, 0) is 25.3 Å². The molecule has 0 N–H and O–H groups in total. The molecule has 16 heavy (non-hydrogen) atoms. The fourth-order valence-corrected chi connectivity index (χ4v) is 2.75. The van der Waals surface area contributed by atoms with E-state index in [1.807, 2.05) is 12.1 Å². The molecule has 1 aliphatic carbocycles. The molecule has 2 unspecified atom stereocenters. The Bertz CT molecular complexity index is 483. The van der Waals surface area contributed by atoms with Gasteiger partial charge in [0, 0.05) is 11.1 Å². The second kappa shape index (κ2) is 2.86. The fraction of sp³-hybridized carbons (Fsp3) is 0.462. The Morgan fingerprint density at radius 1 is 1.31 bits per heavy atom. The summed E-state index contributed by atoms with van der Waals surface area (Å²) in [6.07, 6.45) is 3.78. The summed E-state index contributed by atoms with van der Waals surface area (Å²) in [4.78, 5) is 4.69. The predicted molar refractivity (Wildman–Crippen MR) is 59.2 cm³/mol. The first-order valence-electron chi connectivity index (χ1n) is 5.86. The fourth-order valence-electron chi connectivity index (χ4n) is 2.75. The molecular weight excluding hydrogens is 202 g/mol. The predicted octanol–water partition coefficient (Wildman–Crippen LogP) is 2.24. The van der Waals surface area contributed by atoms with Crippen molar-refractivity contribution in [3.05, 3.63) is 35.4 Å². The van der Waals surface area contributed by atoms with E-state index in [9.17, 15) is 0 Å². The highest BCUT2D eigenvalue weighted by atomic mass is 16.6. The Kier molecular flexibility index (Phi) is 1.56. The summed E-state index contributed by atoms with van der Waals surface area (Å²) in [5.41, 5.74) is 2.15. The largest absolute Gasteiger partial charge is 0.473 e. The summed E-state index contributed by atoms with van der Waals surface area (Å²) in [7, 11) is 0. The maximum atomic E-state index is 5.65. The molecule has 2 heterocycles. The maximum absolute atomic E-state index is 5.65. The molecule has 2 atom stereocenters. The Morgan fingerprint density at radius 2 is 2.25 bits per heavy atom. The van der Waals surface area contributed by atoms with Crippen LogP contribution in [0.2, 0.25) is 0 Å². The molecule has 0 radical (unpaired) electrons. The average molecular weight is 215 g/mol. The van der Waals surface area contributed by atoms with Crippen molar-refractivity contribution in [2.45, 2.75) is 37.7 Å². The van der Waals surface area contributed by atoms with Crippen molar-refractivity contribution < 1.29 is 9.47 Å². The number of hydrogen-bond donors (Lipinski definition) is 0. The van der Waals surface area contributed by atoms with E-state index in [0.29, 0.717) is 12.7 Å². The highest BCUT2D eigenvalue weighted by Crippen LogP contribution is 2.51. The zero-order valence-electron chi connectivity index (χ0n) is 8.98. The van der Waals surface area contributed by atoms with Crippen LogP contribution < -0.4 is 0 Å². The van der Waals surface area contributed by atoms with Gasteiger partial charge in [0.15, 0.2) is 5.72 Å². The molecule has 0 bridgehead atoms. The van der Waals surface area contributed by atoms with Gasteiger partial charge in [0.25, 0.3) is 0 Å². The molecule has 0 aromatic heterocycles. The summed E-state index contributed by atoms with van der Waals surface area (Å²) in [5.74, 6) is 0.778. The lowest BCUT2D eigenvalue weighted by Gasteiger charge is -2.04. The summed E-state index contributed by atoms with van der Waals surface area (Å²) in [6.45, 7) is 0.649. The lowest BCUT2D eigenvalue weighted by Crippen LogP contribution is -2.11. The van der Waals surface area contributed by atoms with E-state index in [1.165, 1.54) is 12.0 Å².